The van der Waals surface area contributed by atoms with Crippen LogP contribution in [-0.2, 0) is 16.1 Å². The highest BCUT2D eigenvalue weighted by Gasteiger charge is 2.32. The summed E-state index contributed by atoms with van der Waals surface area (Å²) in [7, 11) is 0. The highest BCUT2D eigenvalue weighted by Crippen LogP contribution is 2.39. The SMILES string of the molecule is CCC(=O)N1c2ccccc2[C@H](Nc2ccc(NC(=O)CNCc3ccc(OC(N)=O)cc3)cc2)C[C@@H]1C. The van der Waals surface area contributed by atoms with E-state index in [-0.39, 0.29) is 30.4 Å². The molecule has 198 valence electrons. The molecule has 0 saturated heterocycles. The monoisotopic (exact) mass is 515 g/mol. The van der Waals surface area contributed by atoms with Crippen LogP contribution in [0.3, 0.4) is 0 Å². The molecule has 0 fully saturated rings. The number of carbonyl (C=O) groups excluding carboxylic acids is 3. The van der Waals surface area contributed by atoms with E-state index in [1.54, 1.807) is 24.3 Å². The molecule has 0 aliphatic carbocycles. The highest BCUT2D eigenvalue weighted by atomic mass is 16.5. The fourth-order valence-electron chi connectivity index (χ4n) is 4.67. The van der Waals surface area contributed by atoms with E-state index in [1.165, 1.54) is 0 Å². The minimum atomic E-state index is -0.860. The second-order valence-electron chi connectivity index (χ2n) is 9.25. The number of fused-ring (bicyclic) bond motifs is 1. The summed E-state index contributed by atoms with van der Waals surface area (Å²) in [5, 5.41) is 9.58. The normalized spacial score (nSPS) is 16.3. The Balaban J connectivity index is 1.29. The third kappa shape index (κ3) is 6.68. The summed E-state index contributed by atoms with van der Waals surface area (Å²) in [6.07, 6.45) is 0.413. The number of ether oxygens (including phenoxy) is 1. The number of nitrogens with two attached hydrogens (primary N) is 1. The average Bonchev–Trinajstić information content (AvgIpc) is 2.90. The lowest BCUT2D eigenvalue weighted by molar-refractivity contribution is -0.119. The molecule has 0 radical (unpaired) electrons. The first-order valence-corrected chi connectivity index (χ1v) is 12.7. The Kier molecular flexibility index (Phi) is 8.60. The van der Waals surface area contributed by atoms with Crippen molar-refractivity contribution in [3.05, 3.63) is 83.9 Å². The van der Waals surface area contributed by atoms with Gasteiger partial charge in [0, 0.05) is 36.1 Å². The molecule has 9 heteroatoms. The molecular weight excluding hydrogens is 482 g/mol. The molecule has 9 nitrogen and oxygen atoms in total. The molecule has 1 aliphatic heterocycles. The molecule has 2 atom stereocenters. The summed E-state index contributed by atoms with van der Waals surface area (Å²) in [5.41, 5.74) is 9.63. The molecule has 3 aromatic rings. The van der Waals surface area contributed by atoms with Crippen molar-refractivity contribution in [1.82, 2.24) is 5.32 Å². The summed E-state index contributed by atoms with van der Waals surface area (Å²) in [6, 6.07) is 22.7. The van der Waals surface area contributed by atoms with Gasteiger partial charge in [-0.05, 0) is 66.9 Å². The maximum absolute atomic E-state index is 12.6. The first kappa shape index (κ1) is 26.7. The molecule has 4 rings (SSSR count). The second kappa shape index (κ2) is 12.2. The number of hydrogen-bond donors (Lipinski definition) is 4. The van der Waals surface area contributed by atoms with Gasteiger partial charge in [0.25, 0.3) is 0 Å². The molecule has 38 heavy (non-hydrogen) atoms. The minimum absolute atomic E-state index is 0.0724. The smallest absolute Gasteiger partial charge is 0.409 e. The van der Waals surface area contributed by atoms with Gasteiger partial charge in [0.2, 0.25) is 11.8 Å². The number of para-hydroxylation sites is 1. The summed E-state index contributed by atoms with van der Waals surface area (Å²) in [6.45, 7) is 4.60. The Morgan fingerprint density at radius 1 is 0.974 bits per heavy atom. The number of nitrogens with one attached hydrogen (secondary N) is 3. The van der Waals surface area contributed by atoms with Crippen LogP contribution < -0.4 is 31.3 Å². The van der Waals surface area contributed by atoms with Crippen molar-refractivity contribution in [2.75, 3.05) is 22.1 Å². The van der Waals surface area contributed by atoms with Crippen molar-refractivity contribution in [3.8, 4) is 5.75 Å². The largest absolute Gasteiger partial charge is 0.411 e. The van der Waals surface area contributed by atoms with Crippen LogP contribution in [0.5, 0.6) is 5.75 Å². The van der Waals surface area contributed by atoms with Crippen LogP contribution >= 0.6 is 0 Å². The van der Waals surface area contributed by atoms with Gasteiger partial charge in [-0.1, -0.05) is 37.3 Å². The molecule has 0 bridgehead atoms. The molecular formula is C29H33N5O4. The molecule has 0 saturated carbocycles. The van der Waals surface area contributed by atoms with Crippen LogP contribution in [-0.4, -0.2) is 30.5 Å². The maximum atomic E-state index is 12.6. The number of anilines is 3. The van der Waals surface area contributed by atoms with Gasteiger partial charge in [-0.3, -0.25) is 9.59 Å². The van der Waals surface area contributed by atoms with Gasteiger partial charge >= 0.3 is 6.09 Å². The Hall–Kier alpha value is -4.37. The van der Waals surface area contributed by atoms with Gasteiger partial charge in [0.1, 0.15) is 5.75 Å². The molecule has 0 unspecified atom stereocenters. The van der Waals surface area contributed by atoms with Crippen LogP contribution in [0.15, 0.2) is 72.8 Å². The van der Waals surface area contributed by atoms with E-state index >= 15 is 0 Å². The van der Waals surface area contributed by atoms with E-state index in [1.807, 2.05) is 54.3 Å². The Bertz CT molecular complexity index is 1280. The fourth-order valence-corrected chi connectivity index (χ4v) is 4.67. The van der Waals surface area contributed by atoms with Gasteiger partial charge in [-0.25, -0.2) is 4.79 Å². The number of amides is 3. The molecule has 0 spiro atoms. The Morgan fingerprint density at radius 2 is 1.66 bits per heavy atom. The first-order valence-electron chi connectivity index (χ1n) is 12.7. The molecule has 3 aromatic carbocycles. The number of benzene rings is 3. The van der Waals surface area contributed by atoms with Gasteiger partial charge in [-0.2, -0.15) is 0 Å². The predicted molar refractivity (Wildman–Crippen MR) is 148 cm³/mol. The van der Waals surface area contributed by atoms with Crippen LogP contribution in [0.1, 0.15) is 43.9 Å². The Labute approximate surface area is 222 Å². The van der Waals surface area contributed by atoms with E-state index in [0.29, 0.717) is 24.4 Å². The van der Waals surface area contributed by atoms with Gasteiger partial charge in [-0.15, -0.1) is 0 Å². The van der Waals surface area contributed by atoms with Crippen LogP contribution in [0.2, 0.25) is 0 Å². The zero-order chi connectivity index (χ0) is 27.1. The quantitative estimate of drug-likeness (QED) is 0.331. The molecule has 3 amide bonds. The highest BCUT2D eigenvalue weighted by molar-refractivity contribution is 5.95. The zero-order valence-corrected chi connectivity index (χ0v) is 21.6. The Morgan fingerprint density at radius 3 is 2.34 bits per heavy atom. The predicted octanol–water partition coefficient (Wildman–Crippen LogP) is 4.56. The first-order chi connectivity index (χ1) is 18.3. The van der Waals surface area contributed by atoms with E-state index < -0.39 is 6.09 Å². The van der Waals surface area contributed by atoms with Gasteiger partial charge in [0.05, 0.1) is 12.6 Å². The topological polar surface area (TPSA) is 126 Å². The van der Waals surface area contributed by atoms with Gasteiger partial charge in [0.15, 0.2) is 0 Å². The number of rotatable bonds is 9. The maximum Gasteiger partial charge on any atom is 0.409 e. The molecule has 5 N–H and O–H groups in total. The molecule has 1 heterocycles. The fraction of sp³-hybridized carbons (Fsp3) is 0.276. The summed E-state index contributed by atoms with van der Waals surface area (Å²) < 4.78 is 4.80. The average molecular weight is 516 g/mol. The van der Waals surface area contributed by atoms with Gasteiger partial charge < -0.3 is 31.3 Å². The summed E-state index contributed by atoms with van der Waals surface area (Å²) in [4.78, 5) is 37.6. The van der Waals surface area contributed by atoms with E-state index in [2.05, 4.69) is 28.9 Å². The third-order valence-corrected chi connectivity index (χ3v) is 6.43. The van der Waals surface area contributed by atoms with E-state index in [4.69, 9.17) is 10.5 Å². The lowest BCUT2D eigenvalue weighted by atomic mass is 9.91. The zero-order valence-electron chi connectivity index (χ0n) is 21.6. The van der Waals surface area contributed by atoms with Crippen molar-refractivity contribution in [2.45, 2.75) is 45.3 Å². The molecule has 1 aliphatic rings. The van der Waals surface area contributed by atoms with Crippen molar-refractivity contribution in [2.24, 2.45) is 5.73 Å². The number of hydrogen-bond acceptors (Lipinski definition) is 6. The lowest BCUT2D eigenvalue weighted by Crippen LogP contribution is -2.44. The van der Waals surface area contributed by atoms with Crippen molar-refractivity contribution < 1.29 is 19.1 Å². The standard InChI is InChI=1S/C29H33N5O4/c1-3-28(36)34-19(2)16-25(24-6-4-5-7-26(24)34)32-21-10-12-22(13-11-21)33-27(35)18-31-17-20-8-14-23(15-9-20)38-29(30)37/h4-15,19,25,31-32H,3,16-18H2,1-2H3,(H2,30,37)(H,33,35)/t19-,25+/m0/s1. The van der Waals surface area contributed by atoms with Crippen molar-refractivity contribution in [3.63, 3.8) is 0 Å². The van der Waals surface area contributed by atoms with E-state index in [9.17, 15) is 14.4 Å². The number of nitrogens with zero attached hydrogens (tertiary/aromatic N) is 1. The second-order valence-corrected chi connectivity index (χ2v) is 9.25. The summed E-state index contributed by atoms with van der Waals surface area (Å²) in [5.74, 6) is 0.341. The van der Waals surface area contributed by atoms with Crippen LogP contribution in [0.4, 0.5) is 21.9 Å². The number of carbonyl (C=O) groups is 3. The number of primary amides is 1. The van der Waals surface area contributed by atoms with Crippen LogP contribution in [0.25, 0.3) is 0 Å². The van der Waals surface area contributed by atoms with Crippen LogP contribution in [0, 0.1) is 0 Å². The van der Waals surface area contributed by atoms with Crippen molar-refractivity contribution >= 4 is 35.0 Å². The molecule has 0 aromatic heterocycles. The lowest BCUT2D eigenvalue weighted by Gasteiger charge is -2.40. The third-order valence-electron chi connectivity index (χ3n) is 6.43. The minimum Gasteiger partial charge on any atom is -0.411 e. The van der Waals surface area contributed by atoms with E-state index in [0.717, 1.165) is 28.9 Å². The van der Waals surface area contributed by atoms with Crippen molar-refractivity contribution in [1.29, 1.82) is 0 Å². The summed E-state index contributed by atoms with van der Waals surface area (Å²) >= 11 is 0.